The lowest BCUT2D eigenvalue weighted by Crippen LogP contribution is -2.27. The molecule has 0 spiro atoms. The molecule has 3 aromatic heterocycles. The van der Waals surface area contributed by atoms with E-state index in [4.69, 9.17) is 11.6 Å². The minimum atomic E-state index is -0.0766. The van der Waals surface area contributed by atoms with Crippen molar-refractivity contribution in [3.8, 4) is 0 Å². The summed E-state index contributed by atoms with van der Waals surface area (Å²) in [5.41, 5.74) is 0.884. The third-order valence-corrected chi connectivity index (χ3v) is 4.62. The zero-order valence-electron chi connectivity index (χ0n) is 14.0. The summed E-state index contributed by atoms with van der Waals surface area (Å²) in [4.78, 5) is 25.1. The monoisotopic (exact) mass is 371 g/mol. The minimum absolute atomic E-state index is 0.0766. The molecule has 0 amide bonds. The van der Waals surface area contributed by atoms with Crippen molar-refractivity contribution >= 4 is 17.5 Å². The molecule has 0 saturated heterocycles. The molecular formula is C17H18ClN7O. The Hall–Kier alpha value is -2.74. The molecule has 0 radical (unpaired) electrons. The number of hydrogen-bond donors (Lipinski definition) is 1. The minimum Gasteiger partial charge on any atom is -0.351 e. The molecule has 0 bridgehead atoms. The largest absolute Gasteiger partial charge is 0.351 e. The van der Waals surface area contributed by atoms with Crippen molar-refractivity contribution in [3.63, 3.8) is 0 Å². The van der Waals surface area contributed by atoms with E-state index in [2.05, 4.69) is 25.4 Å². The van der Waals surface area contributed by atoms with Crippen LogP contribution in [0.5, 0.6) is 0 Å². The number of fused-ring (bicyclic) bond motifs is 1. The van der Waals surface area contributed by atoms with Crippen LogP contribution in [0.25, 0.3) is 0 Å². The first-order chi connectivity index (χ1) is 12.7. The summed E-state index contributed by atoms with van der Waals surface area (Å²) < 4.78 is 3.28. The number of aromatic nitrogens is 6. The molecule has 1 aliphatic rings. The van der Waals surface area contributed by atoms with Gasteiger partial charge in [0.25, 0.3) is 0 Å². The van der Waals surface area contributed by atoms with Crippen LogP contribution in [-0.2, 0) is 19.5 Å². The summed E-state index contributed by atoms with van der Waals surface area (Å²) >= 11 is 5.81. The fraction of sp³-hybridized carbons (Fsp3) is 0.353. The number of pyridine rings is 1. The Morgan fingerprint density at radius 3 is 2.85 bits per heavy atom. The Balaban J connectivity index is 1.46. The third kappa shape index (κ3) is 3.60. The van der Waals surface area contributed by atoms with Gasteiger partial charge in [-0.3, -0.25) is 9.55 Å². The molecule has 3 aromatic rings. The van der Waals surface area contributed by atoms with Crippen molar-refractivity contribution in [1.29, 1.82) is 0 Å². The predicted octanol–water partition coefficient (Wildman–Crippen LogP) is 1.75. The first kappa shape index (κ1) is 16.7. The second-order valence-corrected chi connectivity index (χ2v) is 6.70. The van der Waals surface area contributed by atoms with Gasteiger partial charge in [0.1, 0.15) is 5.82 Å². The Labute approximate surface area is 154 Å². The Morgan fingerprint density at radius 1 is 1.23 bits per heavy atom. The zero-order valence-corrected chi connectivity index (χ0v) is 14.8. The molecule has 8 nitrogen and oxygen atoms in total. The summed E-state index contributed by atoms with van der Waals surface area (Å²) in [6, 6.07) is 3.98. The fourth-order valence-electron chi connectivity index (χ4n) is 3.11. The van der Waals surface area contributed by atoms with Crippen LogP contribution in [0.3, 0.4) is 0 Å². The molecular weight excluding hydrogens is 354 g/mol. The van der Waals surface area contributed by atoms with E-state index in [0.717, 1.165) is 30.7 Å². The standard InChI is InChI=1S/C17H18ClN7O/c18-13-9-20-16(21-10-13)22-14-3-4-15-23-25(17(26)24(15)7-5-14)11-12-2-1-6-19-8-12/h1-2,6,8-10,14H,3-5,7,11H2,(H,20,21,22). The van der Waals surface area contributed by atoms with Crippen LogP contribution in [-0.4, -0.2) is 35.3 Å². The van der Waals surface area contributed by atoms with E-state index in [1.807, 2.05) is 12.1 Å². The van der Waals surface area contributed by atoms with Gasteiger partial charge in [-0.05, 0) is 24.5 Å². The van der Waals surface area contributed by atoms with Gasteiger partial charge in [-0.1, -0.05) is 17.7 Å². The van der Waals surface area contributed by atoms with E-state index in [9.17, 15) is 4.79 Å². The van der Waals surface area contributed by atoms with Crippen LogP contribution in [0, 0.1) is 0 Å². The molecule has 0 fully saturated rings. The van der Waals surface area contributed by atoms with Crippen LogP contribution in [0.2, 0.25) is 5.02 Å². The molecule has 0 aliphatic carbocycles. The van der Waals surface area contributed by atoms with Gasteiger partial charge in [0.05, 0.1) is 24.0 Å². The highest BCUT2D eigenvalue weighted by Gasteiger charge is 2.21. The first-order valence-corrected chi connectivity index (χ1v) is 8.86. The van der Waals surface area contributed by atoms with Gasteiger partial charge in [-0.15, -0.1) is 0 Å². The van der Waals surface area contributed by atoms with Crippen molar-refractivity contribution in [2.24, 2.45) is 0 Å². The maximum atomic E-state index is 12.7. The van der Waals surface area contributed by atoms with Crippen LogP contribution >= 0.6 is 11.6 Å². The van der Waals surface area contributed by atoms with Gasteiger partial charge in [0.2, 0.25) is 5.95 Å². The van der Waals surface area contributed by atoms with Crippen molar-refractivity contribution in [3.05, 3.63) is 63.8 Å². The lowest BCUT2D eigenvalue weighted by Gasteiger charge is -2.15. The lowest BCUT2D eigenvalue weighted by molar-refractivity contribution is 0.551. The van der Waals surface area contributed by atoms with Gasteiger partial charge < -0.3 is 5.32 Å². The smallest absolute Gasteiger partial charge is 0.346 e. The van der Waals surface area contributed by atoms with Crippen LogP contribution < -0.4 is 11.0 Å². The average molecular weight is 372 g/mol. The SMILES string of the molecule is O=c1n(Cc2cccnc2)nc2n1CCC(Nc1ncc(Cl)cn1)CC2. The highest BCUT2D eigenvalue weighted by atomic mass is 35.5. The molecule has 26 heavy (non-hydrogen) atoms. The van der Waals surface area contributed by atoms with Gasteiger partial charge in [-0.25, -0.2) is 19.4 Å². The summed E-state index contributed by atoms with van der Waals surface area (Å²) in [6.45, 7) is 1.05. The van der Waals surface area contributed by atoms with Gasteiger partial charge in [-0.2, -0.15) is 5.10 Å². The molecule has 9 heteroatoms. The van der Waals surface area contributed by atoms with E-state index in [1.165, 1.54) is 4.68 Å². The number of rotatable bonds is 4. The van der Waals surface area contributed by atoms with Crippen LogP contribution in [0.1, 0.15) is 24.2 Å². The number of nitrogens with one attached hydrogen (secondary N) is 1. The Kier molecular flexibility index (Phi) is 4.66. The summed E-state index contributed by atoms with van der Waals surface area (Å²) in [6.07, 6.45) is 8.98. The van der Waals surface area contributed by atoms with Crippen molar-refractivity contribution in [1.82, 2.24) is 29.3 Å². The maximum Gasteiger partial charge on any atom is 0.346 e. The quantitative estimate of drug-likeness (QED) is 0.751. The highest BCUT2D eigenvalue weighted by molar-refractivity contribution is 6.30. The molecule has 1 unspecified atom stereocenters. The normalized spacial score (nSPS) is 16.7. The van der Waals surface area contributed by atoms with Crippen molar-refractivity contribution < 1.29 is 0 Å². The van der Waals surface area contributed by atoms with E-state index in [-0.39, 0.29) is 11.7 Å². The van der Waals surface area contributed by atoms with Crippen LogP contribution in [0.4, 0.5) is 5.95 Å². The van der Waals surface area contributed by atoms with E-state index in [0.29, 0.717) is 24.1 Å². The van der Waals surface area contributed by atoms with Crippen LogP contribution in [0.15, 0.2) is 41.7 Å². The predicted molar refractivity (Wildman–Crippen MR) is 97.2 cm³/mol. The molecule has 134 valence electrons. The Bertz CT molecular complexity index is 936. The molecule has 4 heterocycles. The van der Waals surface area contributed by atoms with Crippen molar-refractivity contribution in [2.75, 3.05) is 5.32 Å². The van der Waals surface area contributed by atoms with Gasteiger partial charge in [0, 0.05) is 31.4 Å². The van der Waals surface area contributed by atoms with E-state index < -0.39 is 0 Å². The zero-order chi connectivity index (χ0) is 17.9. The average Bonchev–Trinajstić information content (AvgIpc) is 2.82. The number of aryl methyl sites for hydroxylation is 1. The second kappa shape index (κ2) is 7.25. The second-order valence-electron chi connectivity index (χ2n) is 6.26. The highest BCUT2D eigenvalue weighted by Crippen LogP contribution is 2.16. The maximum absolute atomic E-state index is 12.7. The summed E-state index contributed by atoms with van der Waals surface area (Å²) in [7, 11) is 0. The summed E-state index contributed by atoms with van der Waals surface area (Å²) in [5.74, 6) is 1.37. The number of hydrogen-bond acceptors (Lipinski definition) is 6. The summed E-state index contributed by atoms with van der Waals surface area (Å²) in [5, 5.41) is 8.33. The number of anilines is 1. The molecule has 0 saturated carbocycles. The first-order valence-electron chi connectivity index (χ1n) is 8.48. The number of halogens is 1. The lowest BCUT2D eigenvalue weighted by atomic mass is 10.1. The molecule has 4 rings (SSSR count). The number of nitrogens with zero attached hydrogens (tertiary/aromatic N) is 6. The van der Waals surface area contributed by atoms with Gasteiger partial charge in [0.15, 0.2) is 0 Å². The molecule has 1 atom stereocenters. The Morgan fingerprint density at radius 2 is 2.08 bits per heavy atom. The molecule has 0 aromatic carbocycles. The molecule has 1 aliphatic heterocycles. The van der Waals surface area contributed by atoms with Crippen molar-refractivity contribution in [2.45, 2.75) is 38.4 Å². The van der Waals surface area contributed by atoms with E-state index >= 15 is 0 Å². The fourth-order valence-corrected chi connectivity index (χ4v) is 3.21. The molecule has 1 N–H and O–H groups in total. The third-order valence-electron chi connectivity index (χ3n) is 4.43. The van der Waals surface area contributed by atoms with Gasteiger partial charge >= 0.3 is 5.69 Å². The van der Waals surface area contributed by atoms with E-state index in [1.54, 1.807) is 29.4 Å². The topological polar surface area (TPSA) is 90.5 Å².